The lowest BCUT2D eigenvalue weighted by atomic mass is 9.88. The van der Waals surface area contributed by atoms with E-state index in [4.69, 9.17) is 11.6 Å². The lowest BCUT2D eigenvalue weighted by Gasteiger charge is -2.39. The van der Waals surface area contributed by atoms with Gasteiger partial charge in [-0.2, -0.15) is 0 Å². The van der Waals surface area contributed by atoms with Gasteiger partial charge in [-0.05, 0) is 37.0 Å². The average molecular weight is 337 g/mol. The standard InChI is InChI=1S/C18H25ClN2O2/c1-12(2)11-21-13(3)16(8-9-17(21)22)18(23)20-10-14-4-6-15(19)7-5-14/h4-7,12-13,16H,8-11H2,1-3H3,(H,20,23)/t13-,16-/m1/s1. The number of piperidine rings is 1. The van der Waals surface area contributed by atoms with E-state index < -0.39 is 0 Å². The summed E-state index contributed by atoms with van der Waals surface area (Å²) in [5, 5.41) is 3.67. The number of hydrogen-bond donors (Lipinski definition) is 1. The Labute approximate surface area is 143 Å². The molecule has 1 aliphatic heterocycles. The molecule has 2 atom stereocenters. The predicted molar refractivity (Wildman–Crippen MR) is 92.0 cm³/mol. The molecule has 0 spiro atoms. The predicted octanol–water partition coefficient (Wildman–Crippen LogP) is 3.24. The van der Waals surface area contributed by atoms with E-state index in [0.717, 1.165) is 5.56 Å². The molecule has 1 aromatic rings. The number of hydrogen-bond acceptors (Lipinski definition) is 2. The van der Waals surface area contributed by atoms with Crippen molar-refractivity contribution >= 4 is 23.4 Å². The summed E-state index contributed by atoms with van der Waals surface area (Å²) in [5.74, 6) is 0.442. The van der Waals surface area contributed by atoms with Crippen LogP contribution < -0.4 is 5.32 Å². The summed E-state index contributed by atoms with van der Waals surface area (Å²) in [7, 11) is 0. The van der Waals surface area contributed by atoms with Crippen LogP contribution in [0, 0.1) is 11.8 Å². The number of carbonyl (C=O) groups is 2. The normalized spacial score (nSPS) is 21.6. The largest absolute Gasteiger partial charge is 0.352 e. The van der Waals surface area contributed by atoms with Crippen LogP contribution >= 0.6 is 11.6 Å². The summed E-state index contributed by atoms with van der Waals surface area (Å²) >= 11 is 5.86. The van der Waals surface area contributed by atoms with Gasteiger partial charge in [0.25, 0.3) is 0 Å². The average Bonchev–Trinajstić information content (AvgIpc) is 2.50. The molecule has 126 valence electrons. The van der Waals surface area contributed by atoms with Crippen molar-refractivity contribution < 1.29 is 9.59 Å². The number of carbonyl (C=O) groups excluding carboxylic acids is 2. The summed E-state index contributed by atoms with van der Waals surface area (Å²) in [6, 6.07) is 7.39. The second-order valence-electron chi connectivity index (χ2n) is 6.67. The summed E-state index contributed by atoms with van der Waals surface area (Å²) in [6.45, 7) is 7.35. The molecular weight excluding hydrogens is 312 g/mol. The van der Waals surface area contributed by atoms with Gasteiger partial charge in [0.2, 0.25) is 11.8 Å². The monoisotopic (exact) mass is 336 g/mol. The number of benzene rings is 1. The molecule has 0 bridgehead atoms. The maximum Gasteiger partial charge on any atom is 0.225 e. The maximum atomic E-state index is 12.5. The molecule has 1 saturated heterocycles. The van der Waals surface area contributed by atoms with E-state index in [0.29, 0.717) is 36.9 Å². The number of amides is 2. The molecular formula is C18H25ClN2O2. The second kappa shape index (κ2) is 7.82. The number of likely N-dealkylation sites (tertiary alicyclic amines) is 1. The Morgan fingerprint density at radius 1 is 1.35 bits per heavy atom. The minimum Gasteiger partial charge on any atom is -0.352 e. The SMILES string of the molecule is CC(C)CN1C(=O)CC[C@@H](C(=O)NCc2ccc(Cl)cc2)[C@H]1C. The summed E-state index contributed by atoms with van der Waals surface area (Å²) < 4.78 is 0. The van der Waals surface area contributed by atoms with Gasteiger partial charge in [-0.3, -0.25) is 9.59 Å². The van der Waals surface area contributed by atoms with Gasteiger partial charge in [0.05, 0.1) is 5.92 Å². The summed E-state index contributed by atoms with van der Waals surface area (Å²) in [5.41, 5.74) is 1.02. The molecule has 2 amide bonds. The molecule has 4 nitrogen and oxygen atoms in total. The van der Waals surface area contributed by atoms with Crippen LogP contribution in [-0.2, 0) is 16.1 Å². The number of nitrogens with zero attached hydrogens (tertiary/aromatic N) is 1. The zero-order chi connectivity index (χ0) is 17.0. The van der Waals surface area contributed by atoms with Crippen molar-refractivity contribution in [2.24, 2.45) is 11.8 Å². The zero-order valence-corrected chi connectivity index (χ0v) is 14.8. The first-order valence-electron chi connectivity index (χ1n) is 8.20. The Bertz CT molecular complexity index is 557. The van der Waals surface area contributed by atoms with Crippen molar-refractivity contribution in [3.63, 3.8) is 0 Å². The first-order valence-corrected chi connectivity index (χ1v) is 8.58. The van der Waals surface area contributed by atoms with Gasteiger partial charge in [0.15, 0.2) is 0 Å². The van der Waals surface area contributed by atoms with Crippen LogP contribution in [0.3, 0.4) is 0 Å². The molecule has 2 rings (SSSR count). The summed E-state index contributed by atoms with van der Waals surface area (Å²) in [6.07, 6.45) is 1.08. The van der Waals surface area contributed by atoms with E-state index in [9.17, 15) is 9.59 Å². The Morgan fingerprint density at radius 3 is 2.61 bits per heavy atom. The third-order valence-electron chi connectivity index (χ3n) is 4.34. The number of halogens is 1. The highest BCUT2D eigenvalue weighted by Crippen LogP contribution is 2.25. The maximum absolute atomic E-state index is 12.5. The van der Waals surface area contributed by atoms with Gasteiger partial charge in [-0.15, -0.1) is 0 Å². The third kappa shape index (κ3) is 4.71. The fraction of sp³-hybridized carbons (Fsp3) is 0.556. The highest BCUT2D eigenvalue weighted by atomic mass is 35.5. The zero-order valence-electron chi connectivity index (χ0n) is 14.0. The van der Waals surface area contributed by atoms with Gasteiger partial charge < -0.3 is 10.2 Å². The molecule has 1 N–H and O–H groups in total. The third-order valence-corrected chi connectivity index (χ3v) is 4.59. The van der Waals surface area contributed by atoms with E-state index in [1.165, 1.54) is 0 Å². The van der Waals surface area contributed by atoms with Crippen molar-refractivity contribution in [3.8, 4) is 0 Å². The Balaban J connectivity index is 1.95. The fourth-order valence-electron chi connectivity index (χ4n) is 3.04. The lowest BCUT2D eigenvalue weighted by molar-refractivity contribution is -0.143. The fourth-order valence-corrected chi connectivity index (χ4v) is 3.17. The highest BCUT2D eigenvalue weighted by molar-refractivity contribution is 6.30. The van der Waals surface area contributed by atoms with E-state index in [1.54, 1.807) is 0 Å². The van der Waals surface area contributed by atoms with Crippen LogP contribution in [0.4, 0.5) is 0 Å². The molecule has 0 unspecified atom stereocenters. The molecule has 1 aliphatic rings. The van der Waals surface area contributed by atoms with Crippen molar-refractivity contribution in [1.29, 1.82) is 0 Å². The van der Waals surface area contributed by atoms with Crippen LogP contribution in [-0.4, -0.2) is 29.3 Å². The van der Waals surface area contributed by atoms with Crippen molar-refractivity contribution in [1.82, 2.24) is 10.2 Å². The quantitative estimate of drug-likeness (QED) is 0.897. The Kier molecular flexibility index (Phi) is 6.05. The van der Waals surface area contributed by atoms with E-state index in [2.05, 4.69) is 19.2 Å². The minimum absolute atomic E-state index is 0.0220. The van der Waals surface area contributed by atoms with Crippen LogP contribution in [0.15, 0.2) is 24.3 Å². The van der Waals surface area contributed by atoms with Crippen molar-refractivity contribution in [2.45, 2.75) is 46.2 Å². The van der Waals surface area contributed by atoms with Crippen LogP contribution in [0.1, 0.15) is 39.2 Å². The van der Waals surface area contributed by atoms with Gasteiger partial charge in [0.1, 0.15) is 0 Å². The molecule has 0 aromatic heterocycles. The summed E-state index contributed by atoms with van der Waals surface area (Å²) in [4.78, 5) is 26.5. The van der Waals surface area contributed by atoms with Gasteiger partial charge in [-0.1, -0.05) is 37.6 Å². The topological polar surface area (TPSA) is 49.4 Å². The molecule has 1 aromatic carbocycles. The smallest absolute Gasteiger partial charge is 0.225 e. The molecule has 0 radical (unpaired) electrons. The van der Waals surface area contributed by atoms with E-state index in [1.807, 2.05) is 36.1 Å². The van der Waals surface area contributed by atoms with Gasteiger partial charge in [-0.25, -0.2) is 0 Å². The van der Waals surface area contributed by atoms with Gasteiger partial charge in [0, 0.05) is 30.6 Å². The second-order valence-corrected chi connectivity index (χ2v) is 7.11. The number of rotatable bonds is 5. The molecule has 0 saturated carbocycles. The van der Waals surface area contributed by atoms with E-state index >= 15 is 0 Å². The molecule has 0 aliphatic carbocycles. The minimum atomic E-state index is -0.140. The Morgan fingerprint density at radius 2 is 2.00 bits per heavy atom. The van der Waals surface area contributed by atoms with Gasteiger partial charge >= 0.3 is 0 Å². The first kappa shape index (κ1) is 17.8. The highest BCUT2D eigenvalue weighted by Gasteiger charge is 2.36. The van der Waals surface area contributed by atoms with Crippen molar-refractivity contribution in [3.05, 3.63) is 34.9 Å². The molecule has 5 heteroatoms. The lowest BCUT2D eigenvalue weighted by Crippen LogP contribution is -2.52. The van der Waals surface area contributed by atoms with Crippen LogP contribution in [0.2, 0.25) is 5.02 Å². The molecule has 1 fully saturated rings. The van der Waals surface area contributed by atoms with Crippen molar-refractivity contribution in [2.75, 3.05) is 6.54 Å². The molecule has 1 heterocycles. The Hall–Kier alpha value is -1.55. The van der Waals surface area contributed by atoms with Crippen LogP contribution in [0.5, 0.6) is 0 Å². The first-order chi connectivity index (χ1) is 10.9. The van der Waals surface area contributed by atoms with Crippen LogP contribution in [0.25, 0.3) is 0 Å². The molecule has 23 heavy (non-hydrogen) atoms. The van der Waals surface area contributed by atoms with E-state index in [-0.39, 0.29) is 23.8 Å². The number of nitrogens with one attached hydrogen (secondary N) is 1.